The van der Waals surface area contributed by atoms with Crippen LogP contribution in [0.3, 0.4) is 0 Å². The predicted molar refractivity (Wildman–Crippen MR) is 49.3 cm³/mol. The Balaban J connectivity index is 0.000000324. The number of thiocyanates is 1. The van der Waals surface area contributed by atoms with Gasteiger partial charge in [-0.2, -0.15) is 4.37 Å². The number of rotatable bonds is 1. The van der Waals surface area contributed by atoms with E-state index in [1.165, 1.54) is 29.8 Å². The summed E-state index contributed by atoms with van der Waals surface area (Å²) in [6.07, 6.45) is 2.49. The summed E-state index contributed by atoms with van der Waals surface area (Å²) in [5.74, 6) is 1.59. The van der Waals surface area contributed by atoms with E-state index in [9.17, 15) is 0 Å². The van der Waals surface area contributed by atoms with Gasteiger partial charge in [-0.15, -0.1) is 0 Å². The number of nitrogen functional groups attached to an aromatic ring is 1. The molecule has 0 amide bonds. The van der Waals surface area contributed by atoms with Crippen LogP contribution in [0.4, 0.5) is 5.13 Å². The topological polar surface area (TPSA) is 75.6 Å². The van der Waals surface area contributed by atoms with Crippen LogP contribution in [0, 0.1) is 10.7 Å². The molecular formula is C6H7N4NaS2. The maximum absolute atomic E-state index is 7.13. The first kappa shape index (κ1) is 13.1. The minimum atomic E-state index is 0. The molecule has 0 bridgehead atoms. The van der Waals surface area contributed by atoms with E-state index in [1.54, 1.807) is 0 Å². The minimum Gasteiger partial charge on any atom is -0.696 e. The Hall–Kier alpha value is 0.0700. The van der Waals surface area contributed by atoms with Gasteiger partial charge in [0.1, 0.15) is 5.82 Å². The first-order chi connectivity index (χ1) is 5.77. The van der Waals surface area contributed by atoms with E-state index in [4.69, 9.17) is 11.0 Å². The summed E-state index contributed by atoms with van der Waals surface area (Å²) in [5.41, 5.74) is 5.39. The van der Waals surface area contributed by atoms with E-state index in [1.807, 2.05) is 0 Å². The van der Waals surface area contributed by atoms with Gasteiger partial charge in [-0.25, -0.2) is 10.2 Å². The molecular weight excluding hydrogens is 215 g/mol. The number of nitriles is 1. The van der Waals surface area contributed by atoms with Crippen LogP contribution in [0.5, 0.6) is 0 Å². The first-order valence-corrected chi connectivity index (χ1v) is 4.56. The molecule has 2 N–H and O–H groups in total. The fourth-order valence-electron chi connectivity index (χ4n) is 0.755. The van der Waals surface area contributed by atoms with Crippen LogP contribution in [0.15, 0.2) is 0 Å². The molecule has 0 radical (unpaired) electrons. The molecule has 0 atom stereocenters. The van der Waals surface area contributed by atoms with E-state index >= 15 is 0 Å². The van der Waals surface area contributed by atoms with Gasteiger partial charge in [0.05, 0.1) is 0 Å². The second-order valence-electron chi connectivity index (χ2n) is 2.36. The van der Waals surface area contributed by atoms with Gasteiger partial charge in [0.25, 0.3) is 0 Å². The Morgan fingerprint density at radius 3 is 2.46 bits per heavy atom. The third-order valence-electron chi connectivity index (χ3n) is 1.40. The zero-order valence-electron chi connectivity index (χ0n) is 7.23. The van der Waals surface area contributed by atoms with Crippen LogP contribution >= 0.6 is 11.5 Å². The molecule has 64 valence electrons. The molecule has 0 aliphatic heterocycles. The van der Waals surface area contributed by atoms with Crippen LogP contribution in [-0.2, 0) is 12.6 Å². The second kappa shape index (κ2) is 6.51. The first-order valence-electron chi connectivity index (χ1n) is 3.38. The van der Waals surface area contributed by atoms with Crippen molar-refractivity contribution in [3.63, 3.8) is 0 Å². The van der Waals surface area contributed by atoms with Crippen LogP contribution in [0.1, 0.15) is 24.6 Å². The molecule has 0 saturated heterocycles. The zero-order chi connectivity index (χ0) is 8.97. The van der Waals surface area contributed by atoms with Crippen LogP contribution in [-0.4, -0.2) is 9.36 Å². The van der Waals surface area contributed by atoms with E-state index in [-0.39, 0.29) is 29.6 Å². The summed E-state index contributed by atoms with van der Waals surface area (Å²) in [6, 6.07) is 0. The fraction of sp³-hybridized carbons (Fsp3) is 0.500. The van der Waals surface area contributed by atoms with Crippen molar-refractivity contribution < 1.29 is 29.6 Å². The zero-order valence-corrected chi connectivity index (χ0v) is 10.9. The summed E-state index contributed by atoms with van der Waals surface area (Å²) in [7, 11) is 0. The standard InChI is InChI=1S/C5H7N3S.CHNS.Na/c6-5-7-4(8-9-5)3-1-2-3;2-1-3;/h3H,1-2H2,(H2,6,7,8);3H;/q;;+1/p-1. The SMILES string of the molecule is N#C[S-].Nc1nc(C2CC2)ns1.[Na+]. The van der Waals surface area contributed by atoms with Crippen molar-refractivity contribution in [2.45, 2.75) is 18.8 Å². The molecule has 13 heavy (non-hydrogen) atoms. The number of hydrogen-bond donors (Lipinski definition) is 1. The largest absolute Gasteiger partial charge is 1.00 e. The third kappa shape index (κ3) is 4.74. The Bertz CT molecular complexity index is 291. The number of aromatic nitrogens is 2. The molecule has 0 unspecified atom stereocenters. The molecule has 4 nitrogen and oxygen atoms in total. The molecule has 0 aromatic carbocycles. The predicted octanol–water partition coefficient (Wildman–Crippen LogP) is -1.98. The Morgan fingerprint density at radius 1 is 1.62 bits per heavy atom. The summed E-state index contributed by atoms with van der Waals surface area (Å²) in [4.78, 5) is 4.06. The summed E-state index contributed by atoms with van der Waals surface area (Å²) < 4.78 is 4.08. The smallest absolute Gasteiger partial charge is 0.696 e. The molecule has 2 rings (SSSR count). The molecule has 1 saturated carbocycles. The van der Waals surface area contributed by atoms with Gasteiger partial charge in [0, 0.05) is 17.5 Å². The maximum atomic E-state index is 7.13. The number of hydrogen-bond acceptors (Lipinski definition) is 6. The maximum Gasteiger partial charge on any atom is 1.00 e. The van der Waals surface area contributed by atoms with E-state index in [0.29, 0.717) is 11.0 Å². The van der Waals surface area contributed by atoms with E-state index in [0.717, 1.165) is 5.82 Å². The number of nitrogens with zero attached hydrogens (tertiary/aromatic N) is 3. The fourth-order valence-corrected chi connectivity index (χ4v) is 1.27. The van der Waals surface area contributed by atoms with Gasteiger partial charge in [-0.05, 0) is 12.8 Å². The van der Waals surface area contributed by atoms with Crippen molar-refractivity contribution in [1.29, 1.82) is 5.26 Å². The summed E-state index contributed by atoms with van der Waals surface area (Å²) in [6.45, 7) is 0. The molecule has 1 aliphatic rings. The van der Waals surface area contributed by atoms with Crippen molar-refractivity contribution in [1.82, 2.24) is 9.36 Å². The van der Waals surface area contributed by atoms with Crippen LogP contribution in [0.2, 0.25) is 0 Å². The van der Waals surface area contributed by atoms with Gasteiger partial charge < -0.3 is 18.4 Å². The average molecular weight is 222 g/mol. The molecule has 1 heterocycles. The van der Waals surface area contributed by atoms with Crippen molar-refractivity contribution in [3.05, 3.63) is 5.82 Å². The normalized spacial score (nSPS) is 13.2. The van der Waals surface area contributed by atoms with Crippen LogP contribution < -0.4 is 35.3 Å². The molecule has 1 fully saturated rings. The van der Waals surface area contributed by atoms with Crippen molar-refractivity contribution in [2.24, 2.45) is 0 Å². The molecule has 7 heteroatoms. The second-order valence-corrected chi connectivity index (χ2v) is 3.32. The quantitative estimate of drug-likeness (QED) is 0.338. The third-order valence-corrected chi connectivity index (χ3v) is 1.96. The van der Waals surface area contributed by atoms with Gasteiger partial charge in [-0.3, -0.25) is 0 Å². The van der Waals surface area contributed by atoms with Crippen molar-refractivity contribution in [2.75, 3.05) is 5.73 Å². The number of nitrogens with two attached hydrogens (primary N) is 1. The minimum absolute atomic E-state index is 0. The van der Waals surface area contributed by atoms with Gasteiger partial charge in [0.15, 0.2) is 5.13 Å². The number of anilines is 1. The molecule has 1 aromatic rings. The monoisotopic (exact) mass is 222 g/mol. The molecule has 1 aliphatic carbocycles. The van der Waals surface area contributed by atoms with Crippen LogP contribution in [0.25, 0.3) is 0 Å². The van der Waals surface area contributed by atoms with Crippen molar-refractivity contribution in [3.8, 4) is 5.40 Å². The Morgan fingerprint density at radius 2 is 2.15 bits per heavy atom. The summed E-state index contributed by atoms with van der Waals surface area (Å²) in [5, 5.41) is 9.06. The Labute approximate surface area is 108 Å². The van der Waals surface area contributed by atoms with Gasteiger partial charge in [0.2, 0.25) is 0 Å². The van der Waals surface area contributed by atoms with Gasteiger partial charge >= 0.3 is 29.6 Å². The summed E-state index contributed by atoms with van der Waals surface area (Å²) >= 11 is 4.99. The Kier molecular flexibility index (Phi) is 6.55. The van der Waals surface area contributed by atoms with Gasteiger partial charge in [-0.1, -0.05) is 5.40 Å². The van der Waals surface area contributed by atoms with E-state index < -0.39 is 0 Å². The average Bonchev–Trinajstić information content (AvgIpc) is 2.78. The molecule has 0 spiro atoms. The van der Waals surface area contributed by atoms with E-state index in [2.05, 4.69) is 22.0 Å². The molecule has 1 aromatic heterocycles. The van der Waals surface area contributed by atoms with Crippen molar-refractivity contribution >= 4 is 29.3 Å².